The smallest absolute Gasteiger partial charge is 0.315 e. The highest BCUT2D eigenvalue weighted by Crippen LogP contribution is 2.24. The fourth-order valence-corrected chi connectivity index (χ4v) is 2.49. The number of nitrogens with one attached hydrogen (secondary N) is 2. The molecule has 0 radical (unpaired) electrons. The van der Waals surface area contributed by atoms with E-state index in [9.17, 15) is 9.59 Å². The van der Waals surface area contributed by atoms with Crippen molar-refractivity contribution in [3.63, 3.8) is 0 Å². The summed E-state index contributed by atoms with van der Waals surface area (Å²) in [4.78, 5) is 22.9. The maximum absolute atomic E-state index is 11.8. The van der Waals surface area contributed by atoms with E-state index in [0.29, 0.717) is 24.3 Å². The summed E-state index contributed by atoms with van der Waals surface area (Å²) in [7, 11) is 0. The van der Waals surface area contributed by atoms with Crippen LogP contribution in [0.15, 0.2) is 10.6 Å². The Morgan fingerprint density at radius 1 is 1.45 bits per heavy atom. The third kappa shape index (κ3) is 3.72. The van der Waals surface area contributed by atoms with Crippen LogP contribution in [-0.4, -0.2) is 28.3 Å². The van der Waals surface area contributed by atoms with Crippen molar-refractivity contribution >= 4 is 12.0 Å². The minimum atomic E-state index is -0.845. The van der Waals surface area contributed by atoms with Crippen LogP contribution in [0.2, 0.25) is 0 Å². The molecule has 7 nitrogen and oxygen atoms in total. The van der Waals surface area contributed by atoms with Gasteiger partial charge in [0.05, 0.1) is 12.5 Å². The lowest BCUT2D eigenvalue weighted by molar-refractivity contribution is -0.143. The zero-order valence-corrected chi connectivity index (χ0v) is 11.4. The number of amides is 2. The summed E-state index contributed by atoms with van der Waals surface area (Å²) < 4.78 is 4.90. The normalized spacial score (nSPS) is 22.2. The van der Waals surface area contributed by atoms with Gasteiger partial charge >= 0.3 is 12.0 Å². The zero-order chi connectivity index (χ0) is 14.5. The average Bonchev–Trinajstić information content (AvgIpc) is 2.83. The fraction of sp³-hybridized carbons (Fsp3) is 0.615. The topological polar surface area (TPSA) is 104 Å². The number of nitrogens with zero attached hydrogens (tertiary/aromatic N) is 1. The Kier molecular flexibility index (Phi) is 4.60. The summed E-state index contributed by atoms with van der Waals surface area (Å²) in [5, 5.41) is 18.3. The van der Waals surface area contributed by atoms with Crippen LogP contribution >= 0.6 is 0 Å². The summed E-state index contributed by atoms with van der Waals surface area (Å²) in [5.41, 5.74) is 0.635. The average molecular weight is 281 g/mol. The molecular weight excluding hydrogens is 262 g/mol. The molecule has 1 fully saturated rings. The first-order chi connectivity index (χ1) is 9.56. The second-order valence-corrected chi connectivity index (χ2v) is 5.09. The van der Waals surface area contributed by atoms with E-state index in [4.69, 9.17) is 9.63 Å². The zero-order valence-electron chi connectivity index (χ0n) is 11.4. The van der Waals surface area contributed by atoms with E-state index in [2.05, 4.69) is 15.8 Å². The number of rotatable bonds is 4. The number of aryl methyl sites for hydroxylation is 1. The summed E-state index contributed by atoms with van der Waals surface area (Å²) in [5.74, 6) is -0.661. The minimum absolute atomic E-state index is 0.258. The van der Waals surface area contributed by atoms with Gasteiger partial charge in [0.15, 0.2) is 0 Å². The van der Waals surface area contributed by atoms with Crippen LogP contribution in [0.1, 0.15) is 37.1 Å². The Morgan fingerprint density at radius 2 is 2.20 bits per heavy atom. The monoisotopic (exact) mass is 281 g/mol. The molecule has 7 heteroatoms. The first-order valence-corrected chi connectivity index (χ1v) is 6.75. The van der Waals surface area contributed by atoms with Crippen molar-refractivity contribution in [3.8, 4) is 0 Å². The highest BCUT2D eigenvalue weighted by Gasteiger charge is 2.31. The molecule has 1 aliphatic carbocycles. The van der Waals surface area contributed by atoms with E-state index >= 15 is 0 Å². The molecule has 0 aliphatic heterocycles. The number of aromatic nitrogens is 1. The number of carboxylic acid groups (broad SMARTS) is 1. The number of carbonyl (C=O) groups is 2. The number of urea groups is 1. The van der Waals surface area contributed by atoms with Crippen molar-refractivity contribution in [2.45, 2.75) is 45.2 Å². The largest absolute Gasteiger partial charge is 0.481 e. The molecule has 1 saturated carbocycles. The van der Waals surface area contributed by atoms with Crippen LogP contribution in [0.4, 0.5) is 4.79 Å². The van der Waals surface area contributed by atoms with Crippen molar-refractivity contribution in [1.29, 1.82) is 0 Å². The molecule has 1 heterocycles. The molecule has 0 bridgehead atoms. The highest BCUT2D eigenvalue weighted by molar-refractivity contribution is 5.76. The molecule has 1 aliphatic rings. The van der Waals surface area contributed by atoms with Crippen molar-refractivity contribution in [2.75, 3.05) is 0 Å². The van der Waals surface area contributed by atoms with E-state index in [1.807, 2.05) is 0 Å². The highest BCUT2D eigenvalue weighted by atomic mass is 16.5. The van der Waals surface area contributed by atoms with Gasteiger partial charge in [-0.25, -0.2) is 4.79 Å². The molecule has 3 N–H and O–H groups in total. The maximum Gasteiger partial charge on any atom is 0.315 e. The Morgan fingerprint density at radius 3 is 2.85 bits per heavy atom. The molecule has 20 heavy (non-hydrogen) atoms. The molecule has 2 unspecified atom stereocenters. The van der Waals surface area contributed by atoms with Gasteiger partial charge in [-0.3, -0.25) is 4.79 Å². The van der Waals surface area contributed by atoms with E-state index in [1.165, 1.54) is 0 Å². The van der Waals surface area contributed by atoms with E-state index < -0.39 is 11.9 Å². The molecule has 2 amide bonds. The van der Waals surface area contributed by atoms with E-state index in [0.717, 1.165) is 12.8 Å². The van der Waals surface area contributed by atoms with Crippen molar-refractivity contribution in [1.82, 2.24) is 15.8 Å². The Bertz CT molecular complexity index is 486. The van der Waals surface area contributed by atoms with E-state index in [-0.39, 0.29) is 18.6 Å². The SMILES string of the molecule is Cc1cc(CNC(=O)NC2CCCCC2C(=O)O)no1. The van der Waals surface area contributed by atoms with Gasteiger partial charge in [-0.15, -0.1) is 0 Å². The van der Waals surface area contributed by atoms with Gasteiger partial charge in [-0.05, 0) is 19.8 Å². The van der Waals surface area contributed by atoms with Gasteiger partial charge in [0.25, 0.3) is 0 Å². The Hall–Kier alpha value is -2.05. The summed E-state index contributed by atoms with van der Waals surface area (Å²) in [6.45, 7) is 2.03. The molecule has 0 aromatic carbocycles. The third-order valence-corrected chi connectivity index (χ3v) is 3.51. The molecular formula is C13H19N3O4. The number of aliphatic carboxylic acids is 1. The quantitative estimate of drug-likeness (QED) is 0.774. The van der Waals surface area contributed by atoms with Gasteiger partial charge < -0.3 is 20.3 Å². The number of carbonyl (C=O) groups excluding carboxylic acids is 1. The maximum atomic E-state index is 11.8. The van der Waals surface area contributed by atoms with Crippen molar-refractivity contribution < 1.29 is 19.2 Å². The minimum Gasteiger partial charge on any atom is -0.481 e. The molecule has 0 spiro atoms. The molecule has 0 saturated heterocycles. The number of carboxylic acids is 1. The van der Waals surface area contributed by atoms with Gasteiger partial charge in [-0.2, -0.15) is 0 Å². The second-order valence-electron chi connectivity index (χ2n) is 5.09. The summed E-state index contributed by atoms with van der Waals surface area (Å²) >= 11 is 0. The molecule has 1 aromatic heterocycles. The third-order valence-electron chi connectivity index (χ3n) is 3.51. The van der Waals surface area contributed by atoms with Crippen LogP contribution < -0.4 is 10.6 Å². The first-order valence-electron chi connectivity index (χ1n) is 6.75. The van der Waals surface area contributed by atoms with Crippen LogP contribution in [-0.2, 0) is 11.3 Å². The Labute approximate surface area is 116 Å². The lowest BCUT2D eigenvalue weighted by atomic mass is 9.84. The van der Waals surface area contributed by atoms with E-state index in [1.54, 1.807) is 13.0 Å². The van der Waals surface area contributed by atoms with Gasteiger partial charge in [-0.1, -0.05) is 18.0 Å². The lowest BCUT2D eigenvalue weighted by Crippen LogP contribution is -2.48. The van der Waals surface area contributed by atoms with Crippen molar-refractivity contribution in [2.24, 2.45) is 5.92 Å². The van der Waals surface area contributed by atoms with Gasteiger partial charge in [0, 0.05) is 12.1 Å². The van der Waals surface area contributed by atoms with Crippen molar-refractivity contribution in [3.05, 3.63) is 17.5 Å². The summed E-state index contributed by atoms with van der Waals surface area (Å²) in [6, 6.07) is 1.06. The fourth-order valence-electron chi connectivity index (χ4n) is 2.49. The van der Waals surface area contributed by atoms with Crippen LogP contribution in [0.5, 0.6) is 0 Å². The molecule has 110 valence electrons. The first kappa shape index (κ1) is 14.4. The second kappa shape index (κ2) is 6.40. The van der Waals surface area contributed by atoms with Crippen LogP contribution in [0, 0.1) is 12.8 Å². The Balaban J connectivity index is 1.82. The number of hydrogen-bond acceptors (Lipinski definition) is 4. The summed E-state index contributed by atoms with van der Waals surface area (Å²) in [6.07, 6.45) is 3.16. The van der Waals surface area contributed by atoms with Crippen LogP contribution in [0.3, 0.4) is 0 Å². The predicted octanol–water partition coefficient (Wildman–Crippen LogP) is 1.43. The lowest BCUT2D eigenvalue weighted by Gasteiger charge is -2.29. The van der Waals surface area contributed by atoms with Crippen LogP contribution in [0.25, 0.3) is 0 Å². The molecule has 2 rings (SSSR count). The van der Waals surface area contributed by atoms with Gasteiger partial charge in [0.2, 0.25) is 0 Å². The molecule has 1 aromatic rings. The van der Waals surface area contributed by atoms with Gasteiger partial charge in [0.1, 0.15) is 11.5 Å². The predicted molar refractivity (Wildman–Crippen MR) is 70.0 cm³/mol. The number of hydrogen-bond donors (Lipinski definition) is 3. The molecule has 2 atom stereocenters. The standard InChI is InChI=1S/C13H19N3O4/c1-8-6-9(16-20-8)7-14-13(19)15-11-5-3-2-4-10(11)12(17)18/h6,10-11H,2-5,7H2,1H3,(H,17,18)(H2,14,15,19).